The third kappa shape index (κ3) is 3.32. The molecule has 98 valence electrons. The first kappa shape index (κ1) is 14.0. The van der Waals surface area contributed by atoms with E-state index in [0.717, 1.165) is 10.0 Å². The van der Waals surface area contributed by atoms with Crippen molar-refractivity contribution in [2.24, 2.45) is 5.73 Å². The van der Waals surface area contributed by atoms with E-state index in [1.807, 2.05) is 30.3 Å². The van der Waals surface area contributed by atoms with Crippen LogP contribution in [-0.2, 0) is 6.61 Å². The lowest BCUT2D eigenvalue weighted by molar-refractivity contribution is 0.281. The third-order valence-electron chi connectivity index (χ3n) is 2.53. The number of thiocarbonyl (C=S) groups is 1. The van der Waals surface area contributed by atoms with Crippen molar-refractivity contribution < 1.29 is 9.84 Å². The zero-order valence-electron chi connectivity index (χ0n) is 9.97. The van der Waals surface area contributed by atoms with Gasteiger partial charge in [0.1, 0.15) is 16.5 Å². The van der Waals surface area contributed by atoms with Crippen LogP contribution in [0.3, 0.4) is 0 Å². The first-order valence-corrected chi connectivity index (χ1v) is 6.78. The number of hydrogen-bond donors (Lipinski definition) is 2. The average Bonchev–Trinajstić information content (AvgIpc) is 2.38. The molecule has 19 heavy (non-hydrogen) atoms. The lowest BCUT2D eigenvalue weighted by Gasteiger charge is -2.12. The molecule has 0 aliphatic rings. The maximum absolute atomic E-state index is 9.11. The highest BCUT2D eigenvalue weighted by Crippen LogP contribution is 2.30. The van der Waals surface area contributed by atoms with Crippen molar-refractivity contribution in [1.29, 1.82) is 0 Å². The molecule has 2 rings (SSSR count). The lowest BCUT2D eigenvalue weighted by atomic mass is 10.2. The number of aliphatic hydroxyl groups excluding tert-OH is 1. The van der Waals surface area contributed by atoms with Gasteiger partial charge in [-0.15, -0.1) is 0 Å². The van der Waals surface area contributed by atoms with Crippen LogP contribution in [0.4, 0.5) is 0 Å². The van der Waals surface area contributed by atoms with Crippen LogP contribution in [0.5, 0.6) is 11.5 Å². The van der Waals surface area contributed by atoms with Gasteiger partial charge >= 0.3 is 0 Å². The summed E-state index contributed by atoms with van der Waals surface area (Å²) in [4.78, 5) is 0.265. The fraction of sp³-hybridized carbons (Fsp3) is 0.0714. The Bertz CT molecular complexity index is 616. The summed E-state index contributed by atoms with van der Waals surface area (Å²) in [6.45, 7) is -0.0299. The first-order chi connectivity index (χ1) is 9.11. The van der Waals surface area contributed by atoms with Crippen LogP contribution in [0, 0.1) is 0 Å². The Morgan fingerprint density at radius 1 is 1.26 bits per heavy atom. The fourth-order valence-electron chi connectivity index (χ4n) is 1.66. The summed E-state index contributed by atoms with van der Waals surface area (Å²) in [5.41, 5.74) is 7.15. The molecule has 3 N–H and O–H groups in total. The summed E-state index contributed by atoms with van der Waals surface area (Å²) in [5, 5.41) is 9.11. The highest BCUT2D eigenvalue weighted by Gasteiger charge is 2.11. The van der Waals surface area contributed by atoms with Crippen molar-refractivity contribution in [3.05, 3.63) is 58.1 Å². The van der Waals surface area contributed by atoms with Gasteiger partial charge in [-0.05, 0) is 45.8 Å². The fourth-order valence-corrected chi connectivity index (χ4v) is 2.57. The summed E-state index contributed by atoms with van der Waals surface area (Å²) in [6, 6.07) is 12.7. The first-order valence-electron chi connectivity index (χ1n) is 5.58. The van der Waals surface area contributed by atoms with Crippen molar-refractivity contribution in [2.45, 2.75) is 6.61 Å². The standard InChI is InChI=1S/C14H12BrNO2S/c15-11-5-2-6-12(13(11)14(16)19)18-10-4-1-3-9(7-10)8-17/h1-7,17H,8H2,(H2,16,19). The molecule has 0 fully saturated rings. The molecule has 0 saturated carbocycles. The molecule has 0 amide bonds. The minimum atomic E-state index is -0.0299. The zero-order chi connectivity index (χ0) is 13.8. The van der Waals surface area contributed by atoms with E-state index in [-0.39, 0.29) is 11.6 Å². The van der Waals surface area contributed by atoms with Crippen LogP contribution in [-0.4, -0.2) is 10.1 Å². The van der Waals surface area contributed by atoms with Crippen LogP contribution < -0.4 is 10.5 Å². The highest BCUT2D eigenvalue weighted by atomic mass is 79.9. The van der Waals surface area contributed by atoms with Crippen LogP contribution in [0.25, 0.3) is 0 Å². The molecule has 0 aromatic heterocycles. The predicted octanol–water partition coefficient (Wildman–Crippen LogP) is 3.37. The Labute approximate surface area is 125 Å². The smallest absolute Gasteiger partial charge is 0.138 e. The number of hydrogen-bond acceptors (Lipinski definition) is 3. The molecular formula is C14H12BrNO2S. The van der Waals surface area contributed by atoms with Crippen molar-refractivity contribution in [2.75, 3.05) is 0 Å². The SMILES string of the molecule is NC(=S)c1c(Br)cccc1Oc1cccc(CO)c1. The molecule has 0 radical (unpaired) electrons. The minimum Gasteiger partial charge on any atom is -0.457 e. The second-order valence-corrected chi connectivity index (χ2v) is 5.18. The summed E-state index contributed by atoms with van der Waals surface area (Å²) >= 11 is 8.43. The van der Waals surface area contributed by atoms with E-state index in [9.17, 15) is 0 Å². The van der Waals surface area contributed by atoms with Gasteiger partial charge in [0.2, 0.25) is 0 Å². The summed E-state index contributed by atoms with van der Waals surface area (Å²) in [5.74, 6) is 1.21. The van der Waals surface area contributed by atoms with Crippen LogP contribution in [0.2, 0.25) is 0 Å². The molecular weight excluding hydrogens is 326 g/mol. The highest BCUT2D eigenvalue weighted by molar-refractivity contribution is 9.10. The third-order valence-corrected chi connectivity index (χ3v) is 3.40. The monoisotopic (exact) mass is 337 g/mol. The maximum Gasteiger partial charge on any atom is 0.138 e. The van der Waals surface area contributed by atoms with E-state index in [4.69, 9.17) is 27.8 Å². The minimum absolute atomic E-state index is 0.0299. The van der Waals surface area contributed by atoms with Crippen molar-refractivity contribution in [1.82, 2.24) is 0 Å². The van der Waals surface area contributed by atoms with Gasteiger partial charge in [0.15, 0.2) is 0 Å². The molecule has 2 aromatic carbocycles. The van der Waals surface area contributed by atoms with Crippen molar-refractivity contribution >= 4 is 33.1 Å². The Morgan fingerprint density at radius 2 is 2.00 bits per heavy atom. The summed E-state index contributed by atoms with van der Waals surface area (Å²) < 4.78 is 6.57. The van der Waals surface area contributed by atoms with Gasteiger partial charge in [0, 0.05) is 4.47 Å². The zero-order valence-corrected chi connectivity index (χ0v) is 12.4. The topological polar surface area (TPSA) is 55.5 Å². The quantitative estimate of drug-likeness (QED) is 0.840. The molecule has 0 saturated heterocycles. The van der Waals surface area contributed by atoms with Crippen LogP contribution in [0.1, 0.15) is 11.1 Å². The molecule has 0 heterocycles. The lowest BCUT2D eigenvalue weighted by Crippen LogP contribution is -2.11. The Balaban J connectivity index is 2.38. The molecule has 0 aliphatic heterocycles. The average molecular weight is 338 g/mol. The van der Waals surface area contributed by atoms with E-state index < -0.39 is 0 Å². The Morgan fingerprint density at radius 3 is 2.68 bits per heavy atom. The molecule has 5 heteroatoms. The van der Waals surface area contributed by atoms with E-state index in [1.165, 1.54) is 0 Å². The summed E-state index contributed by atoms with van der Waals surface area (Å²) in [7, 11) is 0. The second-order valence-electron chi connectivity index (χ2n) is 3.88. The van der Waals surface area contributed by atoms with Crippen LogP contribution >= 0.6 is 28.1 Å². The second kappa shape index (κ2) is 6.14. The van der Waals surface area contributed by atoms with Gasteiger partial charge in [-0.3, -0.25) is 0 Å². The number of benzene rings is 2. The van der Waals surface area contributed by atoms with Gasteiger partial charge in [0.05, 0.1) is 12.2 Å². The van der Waals surface area contributed by atoms with E-state index in [2.05, 4.69) is 15.9 Å². The number of nitrogens with two attached hydrogens (primary N) is 1. The molecule has 0 atom stereocenters. The Kier molecular flexibility index (Phi) is 4.52. The van der Waals surface area contributed by atoms with E-state index in [0.29, 0.717) is 17.1 Å². The molecule has 2 aromatic rings. The molecule has 3 nitrogen and oxygen atoms in total. The van der Waals surface area contributed by atoms with Crippen molar-refractivity contribution in [3.63, 3.8) is 0 Å². The molecule has 0 unspecified atom stereocenters. The molecule has 0 spiro atoms. The Hall–Kier alpha value is -1.43. The van der Waals surface area contributed by atoms with Gasteiger partial charge in [-0.1, -0.05) is 30.4 Å². The van der Waals surface area contributed by atoms with Gasteiger partial charge in [-0.25, -0.2) is 0 Å². The molecule has 0 aliphatic carbocycles. The van der Waals surface area contributed by atoms with E-state index >= 15 is 0 Å². The van der Waals surface area contributed by atoms with Crippen molar-refractivity contribution in [3.8, 4) is 11.5 Å². The van der Waals surface area contributed by atoms with Gasteiger partial charge in [-0.2, -0.15) is 0 Å². The van der Waals surface area contributed by atoms with Gasteiger partial charge < -0.3 is 15.6 Å². The summed E-state index contributed by atoms with van der Waals surface area (Å²) in [6.07, 6.45) is 0. The largest absolute Gasteiger partial charge is 0.457 e. The number of rotatable bonds is 4. The number of halogens is 1. The predicted molar refractivity (Wildman–Crippen MR) is 82.5 cm³/mol. The molecule has 0 bridgehead atoms. The van der Waals surface area contributed by atoms with E-state index in [1.54, 1.807) is 12.1 Å². The van der Waals surface area contributed by atoms with Crippen LogP contribution in [0.15, 0.2) is 46.9 Å². The van der Waals surface area contributed by atoms with Gasteiger partial charge in [0.25, 0.3) is 0 Å². The number of aliphatic hydroxyl groups is 1. The maximum atomic E-state index is 9.11. The number of ether oxygens (including phenoxy) is 1. The normalized spacial score (nSPS) is 10.2.